The van der Waals surface area contributed by atoms with Crippen LogP contribution in [0.15, 0.2) is 46.9 Å². The Balaban J connectivity index is 1.61. The number of benzene rings is 2. The first-order valence-electron chi connectivity index (χ1n) is 8.23. The number of nitrogens with one attached hydrogen (secondary N) is 1. The monoisotopic (exact) mass is 419 g/mol. The molecule has 1 heterocycles. The van der Waals surface area contributed by atoms with Crippen LogP contribution < -0.4 is 10.2 Å². The number of nitrogens with zero attached hydrogens (tertiary/aromatic N) is 2. The normalized spacial score (nSPS) is 14.9. The first-order valence-corrected chi connectivity index (χ1v) is 9.03. The number of hydrogen-bond donors (Lipinski definition) is 2. The minimum Gasteiger partial charge on any atom is -0.506 e. The fraction of sp³-hybridized carbons (Fsp3) is 0.278. The number of rotatable bonds is 4. The molecule has 1 fully saturated rings. The van der Waals surface area contributed by atoms with Crippen molar-refractivity contribution in [3.8, 4) is 5.75 Å². The molecule has 0 saturated carbocycles. The van der Waals surface area contributed by atoms with Crippen LogP contribution in [0.4, 0.5) is 17.1 Å². The molecule has 26 heavy (non-hydrogen) atoms. The van der Waals surface area contributed by atoms with Gasteiger partial charge < -0.3 is 15.3 Å². The van der Waals surface area contributed by atoms with Crippen LogP contribution in [0.3, 0.4) is 0 Å². The van der Waals surface area contributed by atoms with Gasteiger partial charge in [0.05, 0.1) is 16.3 Å². The molecular formula is C18H18BrN3O4. The summed E-state index contributed by atoms with van der Waals surface area (Å²) in [6.07, 6.45) is 1.34. The van der Waals surface area contributed by atoms with Crippen LogP contribution in [0.5, 0.6) is 5.75 Å². The summed E-state index contributed by atoms with van der Waals surface area (Å²) in [5, 5.41) is 23.4. The second kappa shape index (κ2) is 7.74. The molecule has 0 bridgehead atoms. The van der Waals surface area contributed by atoms with E-state index in [-0.39, 0.29) is 23.3 Å². The molecule has 0 aromatic heterocycles. The maximum Gasteiger partial charge on any atom is 0.270 e. The van der Waals surface area contributed by atoms with Crippen molar-refractivity contribution in [1.82, 2.24) is 0 Å². The average molecular weight is 420 g/mol. The van der Waals surface area contributed by atoms with Crippen molar-refractivity contribution in [2.24, 2.45) is 5.92 Å². The Bertz CT molecular complexity index is 835. The van der Waals surface area contributed by atoms with E-state index in [0.717, 1.165) is 5.69 Å². The third kappa shape index (κ3) is 3.96. The van der Waals surface area contributed by atoms with E-state index in [2.05, 4.69) is 26.1 Å². The Kier molecular flexibility index (Phi) is 5.41. The highest BCUT2D eigenvalue weighted by atomic mass is 79.9. The summed E-state index contributed by atoms with van der Waals surface area (Å²) < 4.78 is 0.670. The second-order valence-electron chi connectivity index (χ2n) is 6.16. The van der Waals surface area contributed by atoms with Crippen LogP contribution in [0.2, 0.25) is 0 Å². The molecule has 2 N–H and O–H groups in total. The number of aromatic hydroxyl groups is 1. The largest absolute Gasteiger partial charge is 0.506 e. The predicted octanol–water partition coefficient (Wildman–Crippen LogP) is 3.92. The summed E-state index contributed by atoms with van der Waals surface area (Å²) in [6.45, 7) is 1.35. The van der Waals surface area contributed by atoms with Crippen LogP contribution in [0.1, 0.15) is 12.8 Å². The standard InChI is InChI=1S/C18H18BrN3O4/c19-14-11-13(22(25)26)5-6-16(14)21-9-7-12(8-10-21)18(24)20-15-3-1-2-4-17(15)23/h1-6,11-12,23H,7-10H2,(H,20,24). The summed E-state index contributed by atoms with van der Waals surface area (Å²) >= 11 is 3.39. The van der Waals surface area contributed by atoms with E-state index >= 15 is 0 Å². The van der Waals surface area contributed by atoms with Gasteiger partial charge in [-0.2, -0.15) is 0 Å². The first-order chi connectivity index (χ1) is 12.5. The number of phenols is 1. The molecule has 2 aromatic rings. The SMILES string of the molecule is O=C(Nc1ccccc1O)C1CCN(c2ccc([N+](=O)[O-])cc2Br)CC1. The third-order valence-corrected chi connectivity index (χ3v) is 5.15. The number of non-ortho nitro benzene ring substituents is 1. The average Bonchev–Trinajstić information content (AvgIpc) is 2.63. The highest BCUT2D eigenvalue weighted by molar-refractivity contribution is 9.10. The number of nitro benzene ring substituents is 1. The van der Waals surface area contributed by atoms with Crippen molar-refractivity contribution in [1.29, 1.82) is 0 Å². The zero-order valence-corrected chi connectivity index (χ0v) is 15.5. The van der Waals surface area contributed by atoms with Gasteiger partial charge in [-0.05, 0) is 47.0 Å². The minimum absolute atomic E-state index is 0.0394. The van der Waals surface area contributed by atoms with Gasteiger partial charge in [-0.1, -0.05) is 12.1 Å². The van der Waals surface area contributed by atoms with Crippen LogP contribution in [-0.2, 0) is 4.79 Å². The number of para-hydroxylation sites is 2. The van der Waals surface area contributed by atoms with Crippen LogP contribution >= 0.6 is 15.9 Å². The van der Waals surface area contributed by atoms with Gasteiger partial charge in [0, 0.05) is 35.6 Å². The number of carbonyl (C=O) groups excluding carboxylic acids is 1. The smallest absolute Gasteiger partial charge is 0.270 e. The van der Waals surface area contributed by atoms with E-state index in [9.17, 15) is 20.0 Å². The third-order valence-electron chi connectivity index (χ3n) is 4.51. The van der Waals surface area contributed by atoms with E-state index in [0.29, 0.717) is 36.1 Å². The quantitative estimate of drug-likeness (QED) is 0.444. The van der Waals surface area contributed by atoms with Gasteiger partial charge >= 0.3 is 0 Å². The van der Waals surface area contributed by atoms with Crippen LogP contribution in [0, 0.1) is 16.0 Å². The van der Waals surface area contributed by atoms with E-state index in [4.69, 9.17) is 0 Å². The highest BCUT2D eigenvalue weighted by Crippen LogP contribution is 2.33. The molecule has 0 unspecified atom stereocenters. The number of piperidine rings is 1. The van der Waals surface area contributed by atoms with E-state index in [1.807, 2.05) is 0 Å². The molecule has 0 radical (unpaired) electrons. The number of carbonyl (C=O) groups is 1. The highest BCUT2D eigenvalue weighted by Gasteiger charge is 2.26. The minimum atomic E-state index is -0.426. The lowest BCUT2D eigenvalue weighted by molar-refractivity contribution is -0.384. The summed E-state index contributed by atoms with van der Waals surface area (Å²) in [5.74, 6) is -0.190. The van der Waals surface area contributed by atoms with Crippen molar-refractivity contribution in [2.75, 3.05) is 23.3 Å². The fourth-order valence-electron chi connectivity index (χ4n) is 3.06. The molecule has 0 spiro atoms. The molecule has 136 valence electrons. The van der Waals surface area contributed by atoms with Crippen molar-refractivity contribution in [2.45, 2.75) is 12.8 Å². The number of phenolic OH excluding ortho intramolecular Hbond substituents is 1. The molecule has 1 aliphatic heterocycles. The summed E-state index contributed by atoms with van der Waals surface area (Å²) in [7, 11) is 0. The zero-order chi connectivity index (χ0) is 18.7. The molecule has 3 rings (SSSR count). The van der Waals surface area contributed by atoms with Gasteiger partial charge in [0.2, 0.25) is 5.91 Å². The molecule has 2 aromatic carbocycles. The summed E-state index contributed by atoms with van der Waals surface area (Å²) in [5.41, 5.74) is 1.34. The number of anilines is 2. The number of nitro groups is 1. The topological polar surface area (TPSA) is 95.7 Å². The Morgan fingerprint density at radius 1 is 1.23 bits per heavy atom. The molecule has 8 heteroatoms. The molecule has 0 atom stereocenters. The van der Waals surface area contributed by atoms with Gasteiger partial charge in [0.1, 0.15) is 5.75 Å². The molecule has 0 aliphatic carbocycles. The van der Waals surface area contributed by atoms with Crippen molar-refractivity contribution in [3.05, 3.63) is 57.1 Å². The van der Waals surface area contributed by atoms with Crippen molar-refractivity contribution < 1.29 is 14.8 Å². The first kappa shape index (κ1) is 18.2. The van der Waals surface area contributed by atoms with Crippen LogP contribution in [0.25, 0.3) is 0 Å². The Morgan fingerprint density at radius 3 is 2.54 bits per heavy atom. The summed E-state index contributed by atoms with van der Waals surface area (Å²) in [6, 6.07) is 11.4. The van der Waals surface area contributed by atoms with Crippen molar-refractivity contribution in [3.63, 3.8) is 0 Å². The van der Waals surface area contributed by atoms with E-state index in [1.165, 1.54) is 18.2 Å². The Hall–Kier alpha value is -2.61. The van der Waals surface area contributed by atoms with E-state index in [1.54, 1.807) is 24.3 Å². The lowest BCUT2D eigenvalue weighted by Gasteiger charge is -2.33. The Morgan fingerprint density at radius 2 is 1.92 bits per heavy atom. The zero-order valence-electron chi connectivity index (χ0n) is 13.9. The predicted molar refractivity (Wildman–Crippen MR) is 102 cm³/mol. The number of amides is 1. The molecular weight excluding hydrogens is 402 g/mol. The summed E-state index contributed by atoms with van der Waals surface area (Å²) in [4.78, 5) is 24.9. The van der Waals surface area contributed by atoms with Gasteiger partial charge in [0.15, 0.2) is 0 Å². The molecule has 1 amide bonds. The fourth-order valence-corrected chi connectivity index (χ4v) is 3.68. The number of hydrogen-bond acceptors (Lipinski definition) is 5. The molecule has 7 nitrogen and oxygen atoms in total. The van der Waals surface area contributed by atoms with Crippen molar-refractivity contribution >= 4 is 38.9 Å². The molecule has 1 aliphatic rings. The number of halogens is 1. The Labute approximate surface area is 158 Å². The van der Waals surface area contributed by atoms with Gasteiger partial charge in [0.25, 0.3) is 5.69 Å². The maximum absolute atomic E-state index is 12.4. The maximum atomic E-state index is 12.4. The van der Waals surface area contributed by atoms with E-state index < -0.39 is 4.92 Å². The van der Waals surface area contributed by atoms with Crippen LogP contribution in [-0.4, -0.2) is 29.0 Å². The molecule has 1 saturated heterocycles. The van der Waals surface area contributed by atoms with Gasteiger partial charge in [-0.3, -0.25) is 14.9 Å². The second-order valence-corrected chi connectivity index (χ2v) is 7.01. The van der Waals surface area contributed by atoms with Gasteiger partial charge in [-0.15, -0.1) is 0 Å². The van der Waals surface area contributed by atoms with Gasteiger partial charge in [-0.25, -0.2) is 0 Å². The lowest BCUT2D eigenvalue weighted by atomic mass is 9.95. The lowest BCUT2D eigenvalue weighted by Crippen LogP contribution is -2.38.